The third kappa shape index (κ3) is 4.75. The lowest BCUT2D eigenvalue weighted by molar-refractivity contribution is 0.0522. The van der Waals surface area contributed by atoms with E-state index in [1.807, 2.05) is 18.2 Å². The van der Waals surface area contributed by atoms with Crippen molar-refractivity contribution in [3.8, 4) is 5.75 Å². The zero-order valence-corrected chi connectivity index (χ0v) is 20.3. The van der Waals surface area contributed by atoms with E-state index in [1.165, 1.54) is 11.3 Å². The Morgan fingerprint density at radius 1 is 1.24 bits per heavy atom. The molecule has 2 aromatic carbocycles. The molecule has 1 fully saturated rings. The average Bonchev–Trinajstić information content (AvgIpc) is 3.16. The fourth-order valence-electron chi connectivity index (χ4n) is 4.30. The first-order chi connectivity index (χ1) is 15.9. The Bertz CT molecular complexity index is 1180. The van der Waals surface area contributed by atoms with Crippen molar-refractivity contribution in [2.24, 2.45) is 0 Å². The Balaban J connectivity index is 1.56. The van der Waals surface area contributed by atoms with E-state index in [9.17, 15) is 4.79 Å². The van der Waals surface area contributed by atoms with Gasteiger partial charge in [-0.2, -0.15) is 0 Å². The van der Waals surface area contributed by atoms with E-state index in [0.717, 1.165) is 30.5 Å². The summed E-state index contributed by atoms with van der Waals surface area (Å²) in [4.78, 5) is 20.4. The van der Waals surface area contributed by atoms with Gasteiger partial charge in [0.1, 0.15) is 11.4 Å². The molecule has 1 aliphatic rings. The van der Waals surface area contributed by atoms with Crippen molar-refractivity contribution >= 4 is 45.6 Å². The van der Waals surface area contributed by atoms with Crippen LogP contribution >= 0.6 is 12.2 Å². The minimum absolute atomic E-state index is 0.285. The summed E-state index contributed by atoms with van der Waals surface area (Å²) >= 11 is 5.79. The van der Waals surface area contributed by atoms with Crippen LogP contribution in [0.25, 0.3) is 10.9 Å². The van der Waals surface area contributed by atoms with Crippen LogP contribution in [0.3, 0.4) is 0 Å². The number of fused-ring (bicyclic) bond motifs is 1. The van der Waals surface area contributed by atoms with E-state index in [-0.39, 0.29) is 6.04 Å². The van der Waals surface area contributed by atoms with Crippen molar-refractivity contribution in [1.82, 2.24) is 9.88 Å². The van der Waals surface area contributed by atoms with Crippen LogP contribution in [0.15, 0.2) is 42.5 Å². The number of hydrogen-bond acceptors (Lipinski definition) is 5. The van der Waals surface area contributed by atoms with Gasteiger partial charge in [-0.15, -0.1) is 0 Å². The third-order valence-corrected chi connectivity index (χ3v) is 6.33. The fraction of sp³-hybridized carbons (Fsp3) is 0.360. The summed E-state index contributed by atoms with van der Waals surface area (Å²) in [6.45, 7) is 8.82. The van der Waals surface area contributed by atoms with Gasteiger partial charge in [-0.25, -0.2) is 4.79 Å². The number of aromatic nitrogens is 1. The largest absolute Gasteiger partial charge is 0.497 e. The SMILES string of the molecule is CCOC(=O)c1[nH]c2ccc(OC)cc2c1NC(=S)N1CCN(c2cccc(C)c2)C(C)C1. The summed E-state index contributed by atoms with van der Waals surface area (Å²) in [7, 11) is 1.62. The maximum Gasteiger partial charge on any atom is 0.356 e. The molecule has 0 amide bonds. The van der Waals surface area contributed by atoms with Crippen LogP contribution in [0, 0.1) is 6.92 Å². The Morgan fingerprint density at radius 3 is 2.76 bits per heavy atom. The molecule has 1 atom stereocenters. The average molecular weight is 467 g/mol. The minimum atomic E-state index is -0.421. The standard InChI is InChI=1S/C25H30N4O3S/c1-5-32-24(30)23-22(20-14-19(31-4)9-10-21(20)26-23)27-25(33)28-11-12-29(17(3)15-28)18-8-6-7-16(2)13-18/h6-10,13-14,17,26H,5,11-12,15H2,1-4H3,(H,27,33). The lowest BCUT2D eigenvalue weighted by atomic mass is 10.1. The van der Waals surface area contributed by atoms with E-state index in [4.69, 9.17) is 21.7 Å². The molecule has 3 aromatic rings. The molecule has 1 unspecified atom stereocenters. The van der Waals surface area contributed by atoms with Gasteiger partial charge in [-0.3, -0.25) is 0 Å². The molecule has 1 aliphatic heterocycles. The Morgan fingerprint density at radius 2 is 2.06 bits per heavy atom. The fourth-order valence-corrected chi connectivity index (χ4v) is 4.57. The number of piperazine rings is 1. The number of nitrogens with zero attached hydrogens (tertiary/aromatic N) is 2. The number of carbonyl (C=O) groups is 1. The molecule has 0 bridgehead atoms. The number of rotatable bonds is 5. The van der Waals surface area contributed by atoms with Crippen molar-refractivity contribution < 1.29 is 14.3 Å². The van der Waals surface area contributed by atoms with Crippen LogP contribution in [-0.2, 0) is 4.74 Å². The first kappa shape index (κ1) is 22.9. The van der Waals surface area contributed by atoms with Gasteiger partial charge in [0.2, 0.25) is 0 Å². The molecule has 2 N–H and O–H groups in total. The molecule has 4 rings (SSSR count). The molecule has 2 heterocycles. The Kier molecular flexibility index (Phi) is 6.74. The monoisotopic (exact) mass is 466 g/mol. The highest BCUT2D eigenvalue weighted by atomic mass is 32.1. The summed E-state index contributed by atoms with van der Waals surface area (Å²) in [5.74, 6) is 0.280. The molecule has 33 heavy (non-hydrogen) atoms. The summed E-state index contributed by atoms with van der Waals surface area (Å²) in [5, 5.41) is 4.74. The second kappa shape index (κ2) is 9.70. The first-order valence-electron chi connectivity index (χ1n) is 11.2. The number of anilines is 2. The summed E-state index contributed by atoms with van der Waals surface area (Å²) in [6.07, 6.45) is 0. The Hall–Kier alpha value is -3.26. The Labute approximate surface area is 199 Å². The quantitative estimate of drug-likeness (QED) is 0.422. The summed E-state index contributed by atoms with van der Waals surface area (Å²) < 4.78 is 10.7. The highest BCUT2D eigenvalue weighted by Gasteiger charge is 2.27. The number of carbonyl (C=O) groups excluding carboxylic acids is 1. The van der Waals surface area contributed by atoms with Gasteiger partial charge in [-0.05, 0) is 68.9 Å². The van der Waals surface area contributed by atoms with E-state index >= 15 is 0 Å². The molecule has 8 heteroatoms. The predicted molar refractivity (Wildman–Crippen MR) is 137 cm³/mol. The maximum atomic E-state index is 12.6. The summed E-state index contributed by atoms with van der Waals surface area (Å²) in [6, 6.07) is 14.5. The smallest absolute Gasteiger partial charge is 0.356 e. The minimum Gasteiger partial charge on any atom is -0.497 e. The van der Waals surface area contributed by atoms with Crippen LogP contribution in [0.5, 0.6) is 5.75 Å². The van der Waals surface area contributed by atoms with E-state index < -0.39 is 5.97 Å². The van der Waals surface area contributed by atoms with Crippen LogP contribution in [0.1, 0.15) is 29.9 Å². The van der Waals surface area contributed by atoms with Gasteiger partial charge >= 0.3 is 5.97 Å². The van der Waals surface area contributed by atoms with Crippen molar-refractivity contribution in [2.75, 3.05) is 43.6 Å². The second-order valence-electron chi connectivity index (χ2n) is 8.26. The van der Waals surface area contributed by atoms with Crippen LogP contribution < -0.4 is 15.0 Å². The van der Waals surface area contributed by atoms with E-state index in [0.29, 0.717) is 28.9 Å². The van der Waals surface area contributed by atoms with Gasteiger partial charge in [0, 0.05) is 42.3 Å². The number of aromatic amines is 1. The van der Waals surface area contributed by atoms with Gasteiger partial charge in [-0.1, -0.05) is 12.1 Å². The van der Waals surface area contributed by atoms with Gasteiger partial charge in [0.05, 0.1) is 19.4 Å². The number of hydrogen-bond donors (Lipinski definition) is 2. The number of H-pyrrole nitrogens is 1. The zero-order valence-electron chi connectivity index (χ0n) is 19.5. The molecule has 1 aromatic heterocycles. The predicted octanol–water partition coefficient (Wildman–Crippen LogP) is 4.57. The molecular formula is C25H30N4O3S. The van der Waals surface area contributed by atoms with Gasteiger partial charge in [0.15, 0.2) is 5.11 Å². The number of esters is 1. The highest BCUT2D eigenvalue weighted by Crippen LogP contribution is 2.32. The van der Waals surface area contributed by atoms with E-state index in [1.54, 1.807) is 14.0 Å². The number of benzene rings is 2. The maximum absolute atomic E-state index is 12.6. The van der Waals surface area contributed by atoms with Crippen molar-refractivity contribution in [3.63, 3.8) is 0 Å². The van der Waals surface area contributed by atoms with Crippen LogP contribution in [-0.4, -0.2) is 60.4 Å². The molecule has 1 saturated heterocycles. The van der Waals surface area contributed by atoms with Crippen LogP contribution in [0.4, 0.5) is 11.4 Å². The second-order valence-corrected chi connectivity index (χ2v) is 8.65. The normalized spacial score (nSPS) is 16.1. The number of nitrogens with one attached hydrogen (secondary N) is 2. The molecule has 0 aliphatic carbocycles. The molecule has 0 saturated carbocycles. The zero-order chi connectivity index (χ0) is 23.5. The number of ether oxygens (including phenoxy) is 2. The lowest BCUT2D eigenvalue weighted by Crippen LogP contribution is -2.54. The molecular weight excluding hydrogens is 436 g/mol. The van der Waals surface area contributed by atoms with Crippen molar-refractivity contribution in [1.29, 1.82) is 0 Å². The van der Waals surface area contributed by atoms with Gasteiger partial charge in [0.25, 0.3) is 0 Å². The van der Waals surface area contributed by atoms with Crippen molar-refractivity contribution in [3.05, 3.63) is 53.7 Å². The molecule has 174 valence electrons. The lowest BCUT2D eigenvalue weighted by Gasteiger charge is -2.42. The van der Waals surface area contributed by atoms with Crippen LogP contribution in [0.2, 0.25) is 0 Å². The molecule has 0 spiro atoms. The van der Waals surface area contributed by atoms with E-state index in [2.05, 4.69) is 58.2 Å². The number of methoxy groups -OCH3 is 1. The van der Waals surface area contributed by atoms with Crippen molar-refractivity contribution in [2.45, 2.75) is 26.8 Å². The first-order valence-corrected chi connectivity index (χ1v) is 11.6. The third-order valence-electron chi connectivity index (χ3n) is 5.97. The molecule has 0 radical (unpaired) electrons. The van der Waals surface area contributed by atoms with Gasteiger partial charge < -0.3 is 29.6 Å². The number of aryl methyl sites for hydroxylation is 1. The number of thiocarbonyl (C=S) groups is 1. The summed E-state index contributed by atoms with van der Waals surface area (Å²) in [5.41, 5.74) is 4.26. The topological polar surface area (TPSA) is 69.8 Å². The molecule has 7 nitrogen and oxygen atoms in total. The highest BCUT2D eigenvalue weighted by molar-refractivity contribution is 7.80.